The number of thiophene rings is 1. The molecule has 1 amide bonds. The first kappa shape index (κ1) is 26.2. The lowest BCUT2D eigenvalue weighted by Gasteiger charge is -2.19. The van der Waals surface area contributed by atoms with Gasteiger partial charge in [0.15, 0.2) is 11.5 Å². The zero-order valence-corrected chi connectivity index (χ0v) is 20.9. The van der Waals surface area contributed by atoms with Crippen LogP contribution in [0.4, 0.5) is 5.69 Å². The molecule has 0 fully saturated rings. The van der Waals surface area contributed by atoms with Gasteiger partial charge in [-0.25, -0.2) is 0 Å². The number of hydrogen-bond acceptors (Lipinski definition) is 7. The molecule has 1 unspecified atom stereocenters. The zero-order chi connectivity index (χ0) is 25.2. The fourth-order valence-electron chi connectivity index (χ4n) is 3.63. The monoisotopic (exact) mass is 498 g/mol. The summed E-state index contributed by atoms with van der Waals surface area (Å²) in [6.07, 6.45) is 3.23. The van der Waals surface area contributed by atoms with Crippen molar-refractivity contribution in [2.45, 2.75) is 32.2 Å². The molecule has 2 aromatic carbocycles. The molecule has 1 N–H and O–H groups in total. The van der Waals surface area contributed by atoms with E-state index >= 15 is 0 Å². The summed E-state index contributed by atoms with van der Waals surface area (Å²) < 4.78 is 15.9. The van der Waals surface area contributed by atoms with Crippen LogP contribution in [-0.4, -0.2) is 38.3 Å². The minimum atomic E-state index is -0.597. The van der Waals surface area contributed by atoms with Gasteiger partial charge in [-0.2, -0.15) is 0 Å². The van der Waals surface area contributed by atoms with E-state index in [0.717, 1.165) is 29.7 Å². The summed E-state index contributed by atoms with van der Waals surface area (Å²) in [6.45, 7) is 2.65. The standard InChI is InChI=1S/C26H30N2O6S/c1-4-5-7-18-9-11-19(12-10-18)25(24-8-6-15-35-24)27-26(29)20-16-22(33-3)23(34-14-13-32-2)17-21(20)28(30)31/h6,8-12,15-17,25H,4-5,7,13-14H2,1-3H3,(H,27,29). The lowest BCUT2D eigenvalue weighted by Crippen LogP contribution is -2.29. The highest BCUT2D eigenvalue weighted by atomic mass is 32.1. The highest BCUT2D eigenvalue weighted by Gasteiger charge is 2.27. The van der Waals surface area contributed by atoms with Crippen LogP contribution < -0.4 is 14.8 Å². The molecule has 0 aliphatic heterocycles. The SMILES string of the molecule is CCCCc1ccc(C(NC(=O)c2cc(OC)c(OCCOC)cc2[N+](=O)[O-])c2cccs2)cc1. The first-order chi connectivity index (χ1) is 17.0. The van der Waals surface area contributed by atoms with Gasteiger partial charge in [0.2, 0.25) is 0 Å². The molecule has 0 aliphatic rings. The van der Waals surface area contributed by atoms with Crippen molar-refractivity contribution in [1.82, 2.24) is 5.32 Å². The number of nitrogens with one attached hydrogen (secondary N) is 1. The van der Waals surface area contributed by atoms with E-state index in [9.17, 15) is 14.9 Å². The van der Waals surface area contributed by atoms with Crippen molar-refractivity contribution in [3.8, 4) is 11.5 Å². The van der Waals surface area contributed by atoms with Crippen molar-refractivity contribution in [2.75, 3.05) is 27.4 Å². The van der Waals surface area contributed by atoms with Gasteiger partial charge in [-0.1, -0.05) is 43.7 Å². The van der Waals surface area contributed by atoms with Gasteiger partial charge in [0.25, 0.3) is 11.6 Å². The van der Waals surface area contributed by atoms with Crippen molar-refractivity contribution in [1.29, 1.82) is 0 Å². The van der Waals surface area contributed by atoms with E-state index in [1.807, 2.05) is 29.6 Å². The molecule has 3 aromatic rings. The second-order valence-corrected chi connectivity index (χ2v) is 8.86. The molecule has 35 heavy (non-hydrogen) atoms. The van der Waals surface area contributed by atoms with Gasteiger partial charge in [-0.3, -0.25) is 14.9 Å². The molecular weight excluding hydrogens is 468 g/mol. The Bertz CT molecular complexity index is 1120. The van der Waals surface area contributed by atoms with Crippen LogP contribution in [0, 0.1) is 10.1 Å². The number of ether oxygens (including phenoxy) is 3. The van der Waals surface area contributed by atoms with Crippen molar-refractivity contribution in [3.63, 3.8) is 0 Å². The van der Waals surface area contributed by atoms with Crippen LogP contribution in [0.25, 0.3) is 0 Å². The molecule has 3 rings (SSSR count). The van der Waals surface area contributed by atoms with Crippen LogP contribution in [-0.2, 0) is 11.2 Å². The molecule has 186 valence electrons. The number of rotatable bonds is 13. The molecule has 8 nitrogen and oxygen atoms in total. The van der Waals surface area contributed by atoms with E-state index in [1.54, 1.807) is 0 Å². The van der Waals surface area contributed by atoms with E-state index in [2.05, 4.69) is 24.4 Å². The number of methoxy groups -OCH3 is 2. The summed E-state index contributed by atoms with van der Waals surface area (Å²) in [5.41, 5.74) is 1.66. The number of carbonyl (C=O) groups is 1. The van der Waals surface area contributed by atoms with E-state index in [-0.39, 0.29) is 29.4 Å². The van der Waals surface area contributed by atoms with Crippen LogP contribution in [0.2, 0.25) is 0 Å². The third kappa shape index (κ3) is 6.80. The smallest absolute Gasteiger partial charge is 0.286 e. The molecule has 0 spiro atoms. The van der Waals surface area contributed by atoms with Gasteiger partial charge >= 0.3 is 0 Å². The molecule has 0 saturated heterocycles. The van der Waals surface area contributed by atoms with E-state index < -0.39 is 16.9 Å². The first-order valence-electron chi connectivity index (χ1n) is 11.4. The number of nitro benzene ring substituents is 1. The Hall–Kier alpha value is -3.43. The van der Waals surface area contributed by atoms with Crippen molar-refractivity contribution < 1.29 is 23.9 Å². The van der Waals surface area contributed by atoms with E-state index in [4.69, 9.17) is 14.2 Å². The number of benzene rings is 2. The second-order valence-electron chi connectivity index (χ2n) is 7.89. The Labute approximate surface area is 209 Å². The summed E-state index contributed by atoms with van der Waals surface area (Å²) in [5, 5.41) is 16.7. The van der Waals surface area contributed by atoms with Gasteiger partial charge < -0.3 is 19.5 Å². The summed E-state index contributed by atoms with van der Waals surface area (Å²) in [7, 11) is 2.94. The molecule has 0 aliphatic carbocycles. The first-order valence-corrected chi connectivity index (χ1v) is 12.3. The van der Waals surface area contributed by atoms with Crippen LogP contribution in [0.5, 0.6) is 11.5 Å². The fourth-order valence-corrected chi connectivity index (χ4v) is 4.43. The van der Waals surface area contributed by atoms with Crippen molar-refractivity contribution >= 4 is 22.9 Å². The minimum Gasteiger partial charge on any atom is -0.493 e. The molecule has 1 heterocycles. The Balaban J connectivity index is 1.92. The Morgan fingerprint density at radius 2 is 1.89 bits per heavy atom. The van der Waals surface area contributed by atoms with Gasteiger partial charge in [0.05, 0.1) is 30.7 Å². The third-order valence-electron chi connectivity index (χ3n) is 5.50. The highest BCUT2D eigenvalue weighted by molar-refractivity contribution is 7.10. The second kappa shape index (κ2) is 12.9. The molecule has 0 radical (unpaired) electrons. The molecular formula is C26H30N2O6S. The van der Waals surface area contributed by atoms with Gasteiger partial charge in [0.1, 0.15) is 12.2 Å². The van der Waals surface area contributed by atoms with Crippen LogP contribution in [0.15, 0.2) is 53.9 Å². The van der Waals surface area contributed by atoms with E-state index in [0.29, 0.717) is 6.61 Å². The van der Waals surface area contributed by atoms with Crippen molar-refractivity contribution in [3.05, 3.63) is 85.6 Å². The van der Waals surface area contributed by atoms with Gasteiger partial charge in [-0.15, -0.1) is 11.3 Å². The maximum absolute atomic E-state index is 13.4. The average Bonchev–Trinajstić information content (AvgIpc) is 3.40. The quantitative estimate of drug-likeness (QED) is 0.188. The Kier molecular flexibility index (Phi) is 9.63. The van der Waals surface area contributed by atoms with Crippen LogP contribution in [0.1, 0.15) is 52.2 Å². The number of nitrogens with zero attached hydrogens (tertiary/aromatic N) is 1. The number of aryl methyl sites for hydroxylation is 1. The normalized spacial score (nSPS) is 11.6. The number of carbonyl (C=O) groups excluding carboxylic acids is 1. The third-order valence-corrected chi connectivity index (χ3v) is 6.44. The molecule has 1 aromatic heterocycles. The van der Waals surface area contributed by atoms with E-state index in [1.165, 1.54) is 43.3 Å². The lowest BCUT2D eigenvalue weighted by atomic mass is 10.0. The Morgan fingerprint density at radius 1 is 1.11 bits per heavy atom. The van der Waals surface area contributed by atoms with Gasteiger partial charge in [0, 0.05) is 18.1 Å². The Morgan fingerprint density at radius 3 is 2.49 bits per heavy atom. The summed E-state index contributed by atoms with van der Waals surface area (Å²) in [4.78, 5) is 25.5. The number of amides is 1. The summed E-state index contributed by atoms with van der Waals surface area (Å²) >= 11 is 1.51. The predicted molar refractivity (Wildman–Crippen MR) is 136 cm³/mol. The number of hydrogen-bond donors (Lipinski definition) is 1. The maximum Gasteiger partial charge on any atom is 0.286 e. The predicted octanol–water partition coefficient (Wildman–Crippen LogP) is 5.55. The van der Waals surface area contributed by atoms with Crippen LogP contribution in [0.3, 0.4) is 0 Å². The molecule has 0 saturated carbocycles. The fraction of sp³-hybridized carbons (Fsp3) is 0.346. The number of unbranched alkanes of at least 4 members (excludes halogenated alkanes) is 1. The molecule has 1 atom stereocenters. The maximum atomic E-state index is 13.4. The average molecular weight is 499 g/mol. The minimum absolute atomic E-state index is 0.105. The van der Waals surface area contributed by atoms with Gasteiger partial charge in [-0.05, 0) is 35.4 Å². The highest BCUT2D eigenvalue weighted by Crippen LogP contribution is 2.35. The molecule has 0 bridgehead atoms. The van der Waals surface area contributed by atoms with Crippen LogP contribution >= 0.6 is 11.3 Å². The zero-order valence-electron chi connectivity index (χ0n) is 20.1. The summed E-state index contributed by atoms with van der Waals surface area (Å²) in [5.74, 6) is -0.179. The topological polar surface area (TPSA) is 99.9 Å². The van der Waals surface area contributed by atoms with Crippen molar-refractivity contribution in [2.24, 2.45) is 0 Å². The summed E-state index contributed by atoms with van der Waals surface area (Å²) in [6, 6.07) is 14.1. The number of nitro groups is 1. The molecule has 9 heteroatoms. The lowest BCUT2D eigenvalue weighted by molar-refractivity contribution is -0.385. The largest absolute Gasteiger partial charge is 0.493 e.